The Morgan fingerprint density at radius 1 is 1.30 bits per heavy atom. The summed E-state index contributed by atoms with van der Waals surface area (Å²) in [4.78, 5) is 11.7. The van der Waals surface area contributed by atoms with Crippen molar-refractivity contribution in [3.8, 4) is 0 Å². The molecule has 0 amide bonds. The minimum atomic E-state index is -0.155. The lowest BCUT2D eigenvalue weighted by Crippen LogP contribution is -2.14. The van der Waals surface area contributed by atoms with Gasteiger partial charge in [0.25, 0.3) is 0 Å². The Kier molecular flexibility index (Phi) is 7.41. The maximum atomic E-state index is 11.7. The van der Waals surface area contributed by atoms with Crippen LogP contribution >= 0.6 is 0 Å². The van der Waals surface area contributed by atoms with Crippen molar-refractivity contribution < 1.29 is 9.53 Å². The number of rotatable bonds is 7. The molecular formula is C18H24O2. The SMILES string of the molecule is C/C=C/C=C(\C)CC(C)COC(=O)Cc1ccccc1. The first kappa shape index (κ1) is 16.2. The number of carbonyl (C=O) groups is 1. The lowest BCUT2D eigenvalue weighted by atomic mass is 10.0. The molecule has 1 rings (SSSR count). The maximum Gasteiger partial charge on any atom is 0.310 e. The topological polar surface area (TPSA) is 26.3 Å². The van der Waals surface area contributed by atoms with Gasteiger partial charge in [-0.25, -0.2) is 0 Å². The lowest BCUT2D eigenvalue weighted by Gasteiger charge is -2.12. The molecule has 0 aliphatic rings. The van der Waals surface area contributed by atoms with E-state index in [0.29, 0.717) is 18.9 Å². The van der Waals surface area contributed by atoms with Crippen molar-refractivity contribution in [1.29, 1.82) is 0 Å². The smallest absolute Gasteiger partial charge is 0.310 e. The lowest BCUT2D eigenvalue weighted by molar-refractivity contribution is -0.144. The van der Waals surface area contributed by atoms with Crippen molar-refractivity contribution in [3.05, 3.63) is 59.7 Å². The molecule has 20 heavy (non-hydrogen) atoms. The quantitative estimate of drug-likeness (QED) is 0.546. The molecule has 1 aromatic rings. The molecule has 0 aliphatic carbocycles. The van der Waals surface area contributed by atoms with Gasteiger partial charge in [-0.2, -0.15) is 0 Å². The summed E-state index contributed by atoms with van der Waals surface area (Å²) in [6.45, 7) is 6.68. The fourth-order valence-corrected chi connectivity index (χ4v) is 1.99. The van der Waals surface area contributed by atoms with Gasteiger partial charge in [0.15, 0.2) is 0 Å². The number of ether oxygens (including phenoxy) is 1. The second kappa shape index (κ2) is 9.13. The van der Waals surface area contributed by atoms with Gasteiger partial charge in [0.2, 0.25) is 0 Å². The summed E-state index contributed by atoms with van der Waals surface area (Å²) in [6, 6.07) is 9.68. The molecule has 108 valence electrons. The summed E-state index contributed by atoms with van der Waals surface area (Å²) in [5.41, 5.74) is 2.30. The third-order valence-corrected chi connectivity index (χ3v) is 2.96. The van der Waals surface area contributed by atoms with E-state index < -0.39 is 0 Å². The standard InChI is InChI=1S/C18H24O2/c1-4-5-9-15(2)12-16(3)14-20-18(19)13-17-10-7-6-8-11-17/h4-11,16H,12-14H2,1-3H3/b5-4+,15-9+. The Bertz CT molecular complexity index is 458. The molecule has 1 aromatic carbocycles. The molecule has 0 saturated heterocycles. The van der Waals surface area contributed by atoms with Crippen LogP contribution in [0.3, 0.4) is 0 Å². The predicted molar refractivity (Wildman–Crippen MR) is 83.5 cm³/mol. The number of hydrogen-bond donors (Lipinski definition) is 0. The summed E-state index contributed by atoms with van der Waals surface area (Å²) < 4.78 is 5.33. The van der Waals surface area contributed by atoms with Gasteiger partial charge in [-0.05, 0) is 31.7 Å². The van der Waals surface area contributed by atoms with Crippen LogP contribution in [0.2, 0.25) is 0 Å². The number of carbonyl (C=O) groups excluding carboxylic acids is 1. The van der Waals surface area contributed by atoms with Crippen LogP contribution in [0, 0.1) is 5.92 Å². The van der Waals surface area contributed by atoms with Gasteiger partial charge in [-0.3, -0.25) is 4.79 Å². The fraction of sp³-hybridized carbons (Fsp3) is 0.389. The zero-order chi connectivity index (χ0) is 14.8. The Hall–Kier alpha value is -1.83. The van der Waals surface area contributed by atoms with E-state index in [9.17, 15) is 4.79 Å². The van der Waals surface area contributed by atoms with E-state index in [0.717, 1.165) is 12.0 Å². The molecule has 0 saturated carbocycles. The van der Waals surface area contributed by atoms with E-state index >= 15 is 0 Å². The molecular weight excluding hydrogens is 248 g/mol. The molecule has 0 bridgehead atoms. The highest BCUT2D eigenvalue weighted by Crippen LogP contribution is 2.12. The molecule has 0 aliphatic heterocycles. The molecule has 0 fully saturated rings. The molecule has 0 radical (unpaired) electrons. The second-order valence-electron chi connectivity index (χ2n) is 5.19. The first-order chi connectivity index (χ1) is 9.61. The minimum Gasteiger partial charge on any atom is -0.465 e. The Labute approximate surface area is 122 Å². The van der Waals surface area contributed by atoms with Gasteiger partial charge >= 0.3 is 5.97 Å². The molecule has 1 atom stereocenters. The maximum absolute atomic E-state index is 11.7. The predicted octanol–water partition coefficient (Wildman–Crippen LogP) is 4.32. The van der Waals surface area contributed by atoms with E-state index in [1.54, 1.807) is 0 Å². The van der Waals surface area contributed by atoms with Crippen LogP contribution < -0.4 is 0 Å². The molecule has 2 heteroatoms. The van der Waals surface area contributed by atoms with Crippen LogP contribution in [0.5, 0.6) is 0 Å². The van der Waals surface area contributed by atoms with Crippen molar-refractivity contribution in [2.75, 3.05) is 6.61 Å². The van der Waals surface area contributed by atoms with Crippen LogP contribution in [0.1, 0.15) is 32.8 Å². The molecule has 0 aromatic heterocycles. The van der Waals surface area contributed by atoms with Gasteiger partial charge in [-0.1, -0.05) is 61.1 Å². The van der Waals surface area contributed by atoms with Crippen molar-refractivity contribution >= 4 is 5.97 Å². The summed E-state index contributed by atoms with van der Waals surface area (Å²) >= 11 is 0. The Morgan fingerprint density at radius 2 is 2.00 bits per heavy atom. The van der Waals surface area contributed by atoms with Gasteiger partial charge in [0.1, 0.15) is 0 Å². The summed E-state index contributed by atoms with van der Waals surface area (Å²) in [6.07, 6.45) is 7.43. The zero-order valence-electron chi connectivity index (χ0n) is 12.6. The van der Waals surface area contributed by atoms with Crippen molar-refractivity contribution in [3.63, 3.8) is 0 Å². The number of esters is 1. The van der Waals surface area contributed by atoms with E-state index in [1.807, 2.05) is 49.4 Å². The molecule has 0 spiro atoms. The molecule has 1 unspecified atom stereocenters. The second-order valence-corrected chi connectivity index (χ2v) is 5.19. The molecule has 0 heterocycles. The highest BCUT2D eigenvalue weighted by molar-refractivity contribution is 5.72. The van der Waals surface area contributed by atoms with Crippen LogP contribution in [0.25, 0.3) is 0 Å². The van der Waals surface area contributed by atoms with Gasteiger partial charge in [0, 0.05) is 0 Å². The Balaban J connectivity index is 2.30. The average Bonchev–Trinajstić information content (AvgIpc) is 2.44. The summed E-state index contributed by atoms with van der Waals surface area (Å²) in [5.74, 6) is 0.189. The van der Waals surface area contributed by atoms with Crippen LogP contribution in [-0.2, 0) is 16.0 Å². The fourth-order valence-electron chi connectivity index (χ4n) is 1.99. The highest BCUT2D eigenvalue weighted by Gasteiger charge is 2.08. The van der Waals surface area contributed by atoms with E-state index in [2.05, 4.69) is 19.9 Å². The van der Waals surface area contributed by atoms with Crippen molar-refractivity contribution in [1.82, 2.24) is 0 Å². The first-order valence-corrected chi connectivity index (χ1v) is 7.09. The van der Waals surface area contributed by atoms with Gasteiger partial charge in [-0.15, -0.1) is 0 Å². The minimum absolute atomic E-state index is 0.155. The van der Waals surface area contributed by atoms with Crippen molar-refractivity contribution in [2.45, 2.75) is 33.6 Å². The third-order valence-electron chi connectivity index (χ3n) is 2.96. The largest absolute Gasteiger partial charge is 0.465 e. The number of allylic oxidation sites excluding steroid dienone is 4. The van der Waals surface area contributed by atoms with E-state index in [1.165, 1.54) is 5.57 Å². The van der Waals surface area contributed by atoms with Crippen LogP contribution in [-0.4, -0.2) is 12.6 Å². The van der Waals surface area contributed by atoms with Crippen LogP contribution in [0.4, 0.5) is 0 Å². The molecule has 0 N–H and O–H groups in total. The van der Waals surface area contributed by atoms with Crippen molar-refractivity contribution in [2.24, 2.45) is 5.92 Å². The monoisotopic (exact) mass is 272 g/mol. The molecule has 2 nitrogen and oxygen atoms in total. The van der Waals surface area contributed by atoms with E-state index in [-0.39, 0.29) is 5.97 Å². The van der Waals surface area contributed by atoms with Gasteiger partial charge < -0.3 is 4.74 Å². The average molecular weight is 272 g/mol. The van der Waals surface area contributed by atoms with E-state index in [4.69, 9.17) is 4.74 Å². The normalized spacial score (nSPS) is 13.4. The van der Waals surface area contributed by atoms with Gasteiger partial charge in [0.05, 0.1) is 13.0 Å². The highest BCUT2D eigenvalue weighted by atomic mass is 16.5. The summed E-state index contributed by atoms with van der Waals surface area (Å²) in [7, 11) is 0. The third kappa shape index (κ3) is 6.93. The summed E-state index contributed by atoms with van der Waals surface area (Å²) in [5, 5.41) is 0. The zero-order valence-corrected chi connectivity index (χ0v) is 12.6. The first-order valence-electron chi connectivity index (χ1n) is 7.09. The van der Waals surface area contributed by atoms with Crippen LogP contribution in [0.15, 0.2) is 54.1 Å². The number of hydrogen-bond acceptors (Lipinski definition) is 2. The Morgan fingerprint density at radius 3 is 2.65 bits per heavy atom. The number of benzene rings is 1.